The average molecular weight is 1590 g/mol. The predicted molar refractivity (Wildman–Crippen MR) is 462 cm³/mol. The van der Waals surface area contributed by atoms with Crippen molar-refractivity contribution in [3.8, 4) is 0 Å². The third-order valence-corrected chi connectivity index (χ3v) is 17.4. The van der Waals surface area contributed by atoms with Crippen LogP contribution in [0.5, 0.6) is 0 Å². The summed E-state index contributed by atoms with van der Waals surface area (Å²) in [5, 5.41) is 16.6. The van der Waals surface area contributed by atoms with Crippen molar-refractivity contribution in [3.63, 3.8) is 0 Å². The van der Waals surface area contributed by atoms with E-state index in [1.807, 2.05) is 115 Å². The highest BCUT2D eigenvalue weighted by atomic mass is 32.2. The molecule has 0 N–H and O–H groups in total. The Morgan fingerprint density at radius 1 is 0.464 bits per heavy atom. The normalized spacial score (nSPS) is 12.1. The Hall–Kier alpha value is -7.65. The van der Waals surface area contributed by atoms with E-state index in [2.05, 4.69) is 263 Å². The summed E-state index contributed by atoms with van der Waals surface area (Å²) in [7, 11) is 2.83. The van der Waals surface area contributed by atoms with Crippen LogP contribution in [0.3, 0.4) is 0 Å². The van der Waals surface area contributed by atoms with Gasteiger partial charge in [0.2, 0.25) is 0 Å². The van der Waals surface area contributed by atoms with Crippen LogP contribution in [0, 0.1) is 60.9 Å². The molecule has 0 spiro atoms. The molecule has 0 unspecified atom stereocenters. The smallest absolute Gasteiger partial charge is 0.433 e. The maximum Gasteiger partial charge on any atom is 0.433 e. The first kappa shape index (κ1) is 102. The lowest BCUT2D eigenvalue weighted by atomic mass is 9.89. The van der Waals surface area contributed by atoms with Gasteiger partial charge in [0, 0.05) is 118 Å². The highest BCUT2D eigenvalue weighted by Crippen LogP contribution is 2.30. The zero-order chi connectivity index (χ0) is 86.1. The summed E-state index contributed by atoms with van der Waals surface area (Å²) in [5.41, 5.74) is 11.4. The molecule has 0 aliphatic carbocycles. The Kier molecular flexibility index (Phi) is 41.5. The number of aryl methyl sites for hydroxylation is 4. The summed E-state index contributed by atoms with van der Waals surface area (Å²) >= 11 is 1.70. The van der Waals surface area contributed by atoms with Gasteiger partial charge in [-0.25, -0.2) is 38.3 Å². The number of alkyl halides is 3. The molecule has 16 nitrogen and oxygen atoms in total. The molecule has 0 saturated carbocycles. The minimum atomic E-state index is -4.35. The van der Waals surface area contributed by atoms with E-state index in [0.29, 0.717) is 32.5 Å². The molecule has 21 heteroatoms. The van der Waals surface area contributed by atoms with Gasteiger partial charge in [-0.2, -0.15) is 23.0 Å². The lowest BCUT2D eigenvalue weighted by molar-refractivity contribution is -0.614. The first-order valence-electron chi connectivity index (χ1n) is 38.9. The second-order valence-corrected chi connectivity index (χ2v) is 42.8. The monoisotopic (exact) mass is 1590 g/mol. The summed E-state index contributed by atoms with van der Waals surface area (Å²) < 4.78 is 66.8. The molecule has 0 saturated heterocycles. The van der Waals surface area contributed by atoms with E-state index in [1.165, 1.54) is 34.8 Å². The number of sulfone groups is 1. The van der Waals surface area contributed by atoms with Gasteiger partial charge in [0.05, 0.1) is 23.3 Å². The first-order chi connectivity index (χ1) is 50.9. The minimum absolute atomic E-state index is 0.0570. The maximum absolute atomic E-state index is 12.2. The fourth-order valence-corrected chi connectivity index (χ4v) is 11.8. The highest BCUT2D eigenvalue weighted by Gasteiger charge is 2.32. The van der Waals surface area contributed by atoms with Crippen LogP contribution in [-0.4, -0.2) is 79.2 Å². The summed E-state index contributed by atoms with van der Waals surface area (Å²) in [6.45, 7) is 62.6. The van der Waals surface area contributed by atoms with Crippen molar-refractivity contribution in [3.05, 3.63) is 221 Å². The van der Waals surface area contributed by atoms with Gasteiger partial charge < -0.3 is 14.3 Å². The van der Waals surface area contributed by atoms with Crippen LogP contribution in [0.4, 0.5) is 13.2 Å². The fourth-order valence-electron chi connectivity index (χ4n) is 10.6. The molecular weight excluding hydrogens is 1440 g/mol. The molecule has 9 aromatic rings. The zero-order valence-corrected chi connectivity index (χ0v) is 76.6. The molecule has 0 bridgehead atoms. The van der Waals surface area contributed by atoms with E-state index in [9.17, 15) is 26.8 Å². The number of hydrogen-bond donors (Lipinski definition) is 0. The van der Waals surface area contributed by atoms with Crippen molar-refractivity contribution in [2.24, 2.45) is 69.9 Å². The molecule has 624 valence electrons. The molecule has 9 aromatic heterocycles. The Morgan fingerprint density at radius 2 is 0.955 bits per heavy atom. The summed E-state index contributed by atoms with van der Waals surface area (Å²) in [5.74, 6) is 1.26. The second-order valence-electron chi connectivity index (χ2n) is 39.7. The highest BCUT2D eigenvalue weighted by molar-refractivity contribution is 7.98. The number of imidazole rings is 2. The number of thioether (sulfide) groups is 1. The Balaban J connectivity index is 0.000000632. The van der Waals surface area contributed by atoms with Gasteiger partial charge in [-0.05, 0) is 166 Å². The van der Waals surface area contributed by atoms with Gasteiger partial charge >= 0.3 is 6.18 Å². The van der Waals surface area contributed by atoms with Gasteiger partial charge in [-0.3, -0.25) is 14.6 Å². The molecule has 9 heterocycles. The minimum Gasteiger partial charge on any atom is -0.619 e. The number of rotatable bonds is 12. The van der Waals surface area contributed by atoms with E-state index < -0.39 is 21.7 Å². The molecule has 112 heavy (non-hydrogen) atoms. The lowest BCUT2D eigenvalue weighted by Crippen LogP contribution is -2.33. The molecule has 0 aromatic carbocycles. The van der Waals surface area contributed by atoms with Gasteiger partial charge in [0.1, 0.15) is 17.8 Å². The van der Waals surface area contributed by atoms with E-state index in [-0.39, 0.29) is 27.0 Å². The van der Waals surface area contributed by atoms with Gasteiger partial charge in [-0.15, -0.1) is 11.8 Å². The number of pyridine rings is 5. The largest absolute Gasteiger partial charge is 0.619 e. The van der Waals surface area contributed by atoms with Gasteiger partial charge in [0.15, 0.2) is 26.8 Å². The molecular formula is C91H144F3N13O3S2. The molecule has 0 atom stereocenters. The van der Waals surface area contributed by atoms with Crippen molar-refractivity contribution in [2.75, 3.05) is 12.0 Å². The molecule has 9 rings (SSSR count). The van der Waals surface area contributed by atoms with Crippen LogP contribution in [0.2, 0.25) is 0 Å². The van der Waals surface area contributed by atoms with Crippen LogP contribution < -0.4 is 4.73 Å². The van der Waals surface area contributed by atoms with Crippen LogP contribution in [0.25, 0.3) is 0 Å². The van der Waals surface area contributed by atoms with Gasteiger partial charge in [0.25, 0.3) is 0 Å². The van der Waals surface area contributed by atoms with Crippen molar-refractivity contribution in [2.45, 2.75) is 275 Å². The van der Waals surface area contributed by atoms with Crippen molar-refractivity contribution in [1.29, 1.82) is 0 Å². The van der Waals surface area contributed by atoms with Crippen LogP contribution >= 0.6 is 11.8 Å². The van der Waals surface area contributed by atoms with E-state index in [0.717, 1.165) is 108 Å². The van der Waals surface area contributed by atoms with E-state index >= 15 is 0 Å². The summed E-state index contributed by atoms with van der Waals surface area (Å²) in [6, 6.07) is 25.7. The van der Waals surface area contributed by atoms with Crippen molar-refractivity contribution >= 4 is 21.6 Å². The zero-order valence-electron chi connectivity index (χ0n) is 75.0. The Bertz CT molecular complexity index is 4130. The van der Waals surface area contributed by atoms with E-state index in [4.69, 9.17) is 0 Å². The molecule has 0 amide bonds. The van der Waals surface area contributed by atoms with Gasteiger partial charge in [-0.1, -0.05) is 224 Å². The number of aromatic nitrogens is 13. The maximum atomic E-state index is 12.2. The first-order valence-corrected chi connectivity index (χ1v) is 41.7. The molecule has 0 fully saturated rings. The Labute approximate surface area is 680 Å². The number of halogens is 3. The van der Waals surface area contributed by atoms with Crippen LogP contribution in [-0.2, 0) is 94.9 Å². The average Bonchev–Trinajstić information content (AvgIpc) is 1.71. The molecule has 0 aliphatic heterocycles. The molecule has 0 radical (unpaired) electrons. The fraction of sp³-hybridized carbons (Fsp3) is 0.582. The SMILES string of the molecule is CC(C)(C)Cc1ccc(C(F)(F)F)nc1.CC(C)(C)Cc1cccc[n+]1[O-].CC(C)(C)Cc1ccncn1.CCS(=O)(=O)c1cccc(CC(C)(C)C)n1.CSc1cccc(CC(C)(C)C)n1.Cc1ccc(CC(C)(C)C)cn1.Cn1cc(CC(C)(C)C)cn1.Cn1ccnc1CC(C)(C)C.Cn1cncc1CC(C)(C)C. The molecule has 0 aliphatic rings. The number of hydrogen-bond acceptors (Lipinski definition) is 13. The lowest BCUT2D eigenvalue weighted by Gasteiger charge is -2.17. The third-order valence-electron chi connectivity index (χ3n) is 15.2. The second kappa shape index (κ2) is 45.4. The predicted octanol–water partition coefficient (Wildman–Crippen LogP) is 22.5. The quantitative estimate of drug-likeness (QED) is 0.0638. The summed E-state index contributed by atoms with van der Waals surface area (Å²) in [6.07, 6.45) is 26.2. The van der Waals surface area contributed by atoms with E-state index in [1.54, 1.807) is 55.6 Å². The third kappa shape index (κ3) is 51.9. The van der Waals surface area contributed by atoms with Crippen molar-refractivity contribution < 1.29 is 26.3 Å². The summed E-state index contributed by atoms with van der Waals surface area (Å²) in [4.78, 5) is 32.8. The Morgan fingerprint density at radius 3 is 1.35 bits per heavy atom. The number of nitrogens with zero attached hydrogens (tertiary/aromatic N) is 13. The standard InChI is InChI=1S/C12H19NO2S.C11H14F3N.C11H17NS.C11H17N.C10H15NO.3C9H16N2.C9H14N2/c1-5-16(14,15)11-8-6-7-10(13-11)9-12(2,3)4;1-10(2,3)6-8-4-5-9(15-7-8)11(12,13)14;1-11(2,3)8-9-6-5-7-10(12-9)13-4;1-9-5-6-10(8-12-9)7-11(2,3)4;1-10(2,3)8-9-6-4-5-7-11(9)12;1-9(2,3)5-8-6-10-7-11(8)4;1-9(2,3)5-8-6-10-11(4)7-8;1-9(2,3)7-8-10-5-6-11(8)4;1-9(2,3)6-8-4-5-10-7-11-8/h6-8H,5,9H2,1-4H3;4-5,7H,6H2,1-3H3;5-7H,8H2,1-4H3;5-6,8H,7H2,1-4H3;4-7H,8H2,1-3H3;2*6-7H,5H2,1-4H3;5-6H,7H2,1-4H3;4-5,7H,6H2,1-3H3. The topological polar surface area (TPSA) is 192 Å². The van der Waals surface area contributed by atoms with Crippen molar-refractivity contribution in [1.82, 2.24) is 58.8 Å². The van der Waals surface area contributed by atoms with Crippen LogP contribution in [0.1, 0.15) is 256 Å². The van der Waals surface area contributed by atoms with Crippen LogP contribution in [0.15, 0.2) is 163 Å².